The molecular formula is C16H22ClN3. The molecule has 0 aromatic carbocycles. The molecule has 4 atom stereocenters. The minimum absolute atomic E-state index is 0.0910. The molecule has 2 heterocycles. The van der Waals surface area contributed by atoms with Gasteiger partial charge in [0, 0.05) is 12.2 Å². The molecule has 2 aromatic rings. The van der Waals surface area contributed by atoms with E-state index >= 15 is 0 Å². The zero-order chi connectivity index (χ0) is 14.4. The Morgan fingerprint density at radius 2 is 2.10 bits per heavy atom. The molecular weight excluding hydrogens is 270 g/mol. The smallest absolute Gasteiger partial charge is 0.160 e. The van der Waals surface area contributed by atoms with Gasteiger partial charge in [-0.2, -0.15) is 0 Å². The Bertz CT molecular complexity index is 632. The third kappa shape index (κ3) is 2.03. The van der Waals surface area contributed by atoms with E-state index in [1.807, 2.05) is 19.2 Å². The normalized spacial score (nSPS) is 28.1. The lowest BCUT2D eigenvalue weighted by Crippen LogP contribution is -2.17. The van der Waals surface area contributed by atoms with E-state index < -0.39 is 0 Å². The van der Waals surface area contributed by atoms with Crippen LogP contribution in [-0.4, -0.2) is 14.5 Å². The summed E-state index contributed by atoms with van der Waals surface area (Å²) >= 11 is 6.38. The van der Waals surface area contributed by atoms with Crippen LogP contribution in [0.1, 0.15) is 56.4 Å². The Morgan fingerprint density at radius 3 is 2.70 bits per heavy atom. The van der Waals surface area contributed by atoms with Gasteiger partial charge in [-0.05, 0) is 50.2 Å². The first-order chi connectivity index (χ1) is 9.50. The SMILES string of the molecule is Cc1ccnc2c1nc(C(C)Cl)n2C1CCC(C)C1C. The van der Waals surface area contributed by atoms with Crippen LogP contribution in [0.2, 0.25) is 0 Å². The van der Waals surface area contributed by atoms with Crippen LogP contribution in [0.3, 0.4) is 0 Å². The lowest BCUT2D eigenvalue weighted by molar-refractivity contribution is 0.351. The summed E-state index contributed by atoms with van der Waals surface area (Å²) in [6.07, 6.45) is 4.34. The van der Waals surface area contributed by atoms with Gasteiger partial charge in [0.05, 0.1) is 5.38 Å². The Morgan fingerprint density at radius 1 is 1.35 bits per heavy atom. The maximum absolute atomic E-state index is 6.38. The van der Waals surface area contributed by atoms with Crippen molar-refractivity contribution in [1.82, 2.24) is 14.5 Å². The van der Waals surface area contributed by atoms with Gasteiger partial charge in [-0.3, -0.25) is 0 Å². The Kier molecular flexibility index (Phi) is 3.49. The number of aromatic nitrogens is 3. The maximum Gasteiger partial charge on any atom is 0.160 e. The minimum atomic E-state index is -0.0910. The van der Waals surface area contributed by atoms with Gasteiger partial charge in [-0.1, -0.05) is 13.8 Å². The summed E-state index contributed by atoms with van der Waals surface area (Å²) in [6, 6.07) is 2.49. The fourth-order valence-electron chi connectivity index (χ4n) is 3.44. The topological polar surface area (TPSA) is 30.7 Å². The second kappa shape index (κ2) is 5.03. The first kappa shape index (κ1) is 13.9. The molecule has 20 heavy (non-hydrogen) atoms. The van der Waals surface area contributed by atoms with E-state index in [1.54, 1.807) is 0 Å². The molecule has 3 nitrogen and oxygen atoms in total. The van der Waals surface area contributed by atoms with Crippen molar-refractivity contribution < 1.29 is 0 Å². The predicted molar refractivity (Wildman–Crippen MR) is 83.1 cm³/mol. The van der Waals surface area contributed by atoms with E-state index in [4.69, 9.17) is 16.6 Å². The summed E-state index contributed by atoms with van der Waals surface area (Å²) in [5.74, 6) is 2.36. The van der Waals surface area contributed by atoms with Gasteiger partial charge < -0.3 is 4.57 Å². The lowest BCUT2D eigenvalue weighted by atomic mass is 9.97. The van der Waals surface area contributed by atoms with E-state index in [0.717, 1.165) is 22.9 Å². The average molecular weight is 292 g/mol. The summed E-state index contributed by atoms with van der Waals surface area (Å²) in [5.41, 5.74) is 3.17. The molecule has 0 N–H and O–H groups in total. The zero-order valence-electron chi connectivity index (χ0n) is 12.6. The van der Waals surface area contributed by atoms with Crippen molar-refractivity contribution in [2.24, 2.45) is 11.8 Å². The highest BCUT2D eigenvalue weighted by atomic mass is 35.5. The van der Waals surface area contributed by atoms with Crippen molar-refractivity contribution in [2.45, 2.75) is 52.0 Å². The highest BCUT2D eigenvalue weighted by molar-refractivity contribution is 6.20. The highest BCUT2D eigenvalue weighted by Gasteiger charge is 2.34. The van der Waals surface area contributed by atoms with Crippen molar-refractivity contribution in [3.05, 3.63) is 23.7 Å². The van der Waals surface area contributed by atoms with Gasteiger partial charge in [-0.25, -0.2) is 9.97 Å². The van der Waals surface area contributed by atoms with Crippen LogP contribution in [-0.2, 0) is 0 Å². The van der Waals surface area contributed by atoms with Crippen LogP contribution in [0.25, 0.3) is 11.2 Å². The molecule has 4 unspecified atom stereocenters. The van der Waals surface area contributed by atoms with Crippen molar-refractivity contribution in [2.75, 3.05) is 0 Å². The van der Waals surface area contributed by atoms with Crippen molar-refractivity contribution in [3.63, 3.8) is 0 Å². The van der Waals surface area contributed by atoms with E-state index in [-0.39, 0.29) is 5.38 Å². The van der Waals surface area contributed by atoms with Gasteiger partial charge in [0.1, 0.15) is 11.3 Å². The molecule has 4 heteroatoms. The van der Waals surface area contributed by atoms with E-state index in [2.05, 4.69) is 30.3 Å². The number of fused-ring (bicyclic) bond motifs is 1. The molecule has 108 valence electrons. The van der Waals surface area contributed by atoms with Crippen molar-refractivity contribution in [1.29, 1.82) is 0 Å². The van der Waals surface area contributed by atoms with Crippen LogP contribution in [0.5, 0.6) is 0 Å². The second-order valence-corrected chi connectivity index (χ2v) is 6.89. The van der Waals surface area contributed by atoms with Gasteiger partial charge in [0.15, 0.2) is 5.65 Å². The molecule has 0 radical (unpaired) electrons. The fraction of sp³-hybridized carbons (Fsp3) is 0.625. The Hall–Kier alpha value is -1.09. The second-order valence-electron chi connectivity index (χ2n) is 6.24. The van der Waals surface area contributed by atoms with Gasteiger partial charge in [0.25, 0.3) is 0 Å². The third-order valence-electron chi connectivity index (χ3n) is 4.92. The third-order valence-corrected chi connectivity index (χ3v) is 5.11. The summed E-state index contributed by atoms with van der Waals surface area (Å²) < 4.78 is 2.31. The van der Waals surface area contributed by atoms with Crippen molar-refractivity contribution in [3.8, 4) is 0 Å². The molecule has 0 spiro atoms. The Balaban J connectivity index is 2.22. The number of hydrogen-bond acceptors (Lipinski definition) is 2. The molecule has 0 aliphatic heterocycles. The van der Waals surface area contributed by atoms with Crippen molar-refractivity contribution >= 4 is 22.8 Å². The van der Waals surface area contributed by atoms with Gasteiger partial charge in [-0.15, -0.1) is 11.6 Å². The highest BCUT2D eigenvalue weighted by Crippen LogP contribution is 2.43. The molecule has 1 saturated carbocycles. The average Bonchev–Trinajstić information content (AvgIpc) is 2.93. The zero-order valence-corrected chi connectivity index (χ0v) is 13.4. The summed E-state index contributed by atoms with van der Waals surface area (Å²) in [4.78, 5) is 9.38. The van der Waals surface area contributed by atoms with Crippen LogP contribution in [0.4, 0.5) is 0 Å². The number of imidazole rings is 1. The summed E-state index contributed by atoms with van der Waals surface area (Å²) in [7, 11) is 0. The molecule has 1 aliphatic carbocycles. The van der Waals surface area contributed by atoms with Gasteiger partial charge in [0.2, 0.25) is 0 Å². The van der Waals surface area contributed by atoms with E-state index in [1.165, 1.54) is 18.4 Å². The molecule has 0 saturated heterocycles. The van der Waals surface area contributed by atoms with E-state index in [9.17, 15) is 0 Å². The number of alkyl halides is 1. The number of pyridine rings is 1. The molecule has 1 aliphatic rings. The monoisotopic (exact) mass is 291 g/mol. The minimum Gasteiger partial charge on any atom is -0.308 e. The number of rotatable bonds is 2. The largest absolute Gasteiger partial charge is 0.308 e. The number of aryl methyl sites for hydroxylation is 1. The molecule has 3 rings (SSSR count). The van der Waals surface area contributed by atoms with Crippen LogP contribution in [0.15, 0.2) is 12.3 Å². The first-order valence-electron chi connectivity index (χ1n) is 7.48. The van der Waals surface area contributed by atoms with Crippen LogP contribution >= 0.6 is 11.6 Å². The summed E-state index contributed by atoms with van der Waals surface area (Å²) in [5, 5.41) is -0.0910. The standard InChI is InChI=1S/C16H22ClN3/c1-9-5-6-13(11(9)3)20-15(12(4)17)19-14-10(2)7-8-18-16(14)20/h7-9,11-13H,5-6H2,1-4H3. The molecule has 1 fully saturated rings. The maximum atomic E-state index is 6.38. The molecule has 0 bridgehead atoms. The lowest BCUT2D eigenvalue weighted by Gasteiger charge is -2.23. The molecule has 2 aromatic heterocycles. The quantitative estimate of drug-likeness (QED) is 0.754. The first-order valence-corrected chi connectivity index (χ1v) is 7.91. The predicted octanol–water partition coefficient (Wildman–Crippen LogP) is 4.65. The summed E-state index contributed by atoms with van der Waals surface area (Å²) in [6.45, 7) is 8.77. The number of halogens is 1. The van der Waals surface area contributed by atoms with E-state index in [0.29, 0.717) is 12.0 Å². The van der Waals surface area contributed by atoms with Crippen LogP contribution in [0, 0.1) is 18.8 Å². The molecule has 0 amide bonds. The Labute approximate surface area is 125 Å². The van der Waals surface area contributed by atoms with Gasteiger partial charge >= 0.3 is 0 Å². The van der Waals surface area contributed by atoms with Crippen LogP contribution < -0.4 is 0 Å². The number of hydrogen-bond donors (Lipinski definition) is 0. The fourth-order valence-corrected chi connectivity index (χ4v) is 3.59. The number of nitrogens with zero attached hydrogens (tertiary/aromatic N) is 3.